The summed E-state index contributed by atoms with van der Waals surface area (Å²) in [5, 5.41) is 5.07. The minimum Gasteiger partial charge on any atom is -0.381 e. The number of hydrogen-bond donors (Lipinski definition) is 0. The lowest BCUT2D eigenvalue weighted by Crippen LogP contribution is -2.12. The Bertz CT molecular complexity index is 2250. The molecule has 8 aromatic rings. The lowest BCUT2D eigenvalue weighted by Gasteiger charge is -2.15. The minimum absolute atomic E-state index is 0.226. The summed E-state index contributed by atoms with van der Waals surface area (Å²) in [5.41, 5.74) is 10.9. The van der Waals surface area contributed by atoms with Crippen molar-refractivity contribution in [3.8, 4) is 22.5 Å². The van der Waals surface area contributed by atoms with Crippen molar-refractivity contribution in [2.45, 2.75) is 25.9 Å². The molecule has 2 heterocycles. The fourth-order valence-corrected chi connectivity index (χ4v) is 6.94. The Hall–Kier alpha value is -5.12. The van der Waals surface area contributed by atoms with Crippen LogP contribution in [0.25, 0.3) is 66.1 Å². The molecule has 0 aliphatic carbocycles. The molecule has 0 fully saturated rings. The smallest absolute Gasteiger partial charge is 0.0609 e. The van der Waals surface area contributed by atoms with Gasteiger partial charge in [-0.05, 0) is 84.1 Å². The second-order valence-electron chi connectivity index (χ2n) is 11.6. The molecule has 214 valence electrons. The van der Waals surface area contributed by atoms with Gasteiger partial charge in [0.1, 0.15) is 0 Å². The van der Waals surface area contributed by atoms with Gasteiger partial charge in [-0.1, -0.05) is 91.9 Å². The number of benzene rings is 6. The van der Waals surface area contributed by atoms with E-state index in [4.69, 9.17) is 4.74 Å². The average Bonchev–Trinajstić information content (AvgIpc) is 3.60. The number of nitrogens with zero attached hydrogens (tertiary/aromatic N) is 2. The van der Waals surface area contributed by atoms with Crippen LogP contribution in [0.5, 0.6) is 0 Å². The number of aromatic nitrogens is 2. The highest BCUT2D eigenvalue weighted by Crippen LogP contribution is 2.37. The van der Waals surface area contributed by atoms with Gasteiger partial charge in [-0.3, -0.25) is 0 Å². The number of hydrogen-bond acceptors (Lipinski definition) is 1. The summed E-state index contributed by atoms with van der Waals surface area (Å²) < 4.78 is 10.5. The Morgan fingerprint density at radius 2 is 1.02 bits per heavy atom. The summed E-state index contributed by atoms with van der Waals surface area (Å²) in [7, 11) is 1.81. The van der Waals surface area contributed by atoms with Gasteiger partial charge in [0.25, 0.3) is 0 Å². The Morgan fingerprint density at radius 1 is 0.500 bits per heavy atom. The summed E-state index contributed by atoms with van der Waals surface area (Å²) in [5.74, 6) is 0. The molecule has 1 atom stereocenters. The summed E-state index contributed by atoms with van der Waals surface area (Å²) in [6.07, 6.45) is 2.13. The summed E-state index contributed by atoms with van der Waals surface area (Å²) >= 11 is 0. The van der Waals surface area contributed by atoms with Crippen LogP contribution in [0.15, 0.2) is 140 Å². The van der Waals surface area contributed by atoms with E-state index < -0.39 is 0 Å². The quantitative estimate of drug-likeness (QED) is 0.186. The van der Waals surface area contributed by atoms with Crippen molar-refractivity contribution >= 4 is 43.6 Å². The third-order valence-corrected chi connectivity index (χ3v) is 9.11. The van der Waals surface area contributed by atoms with E-state index in [9.17, 15) is 0 Å². The van der Waals surface area contributed by atoms with Crippen LogP contribution in [0.3, 0.4) is 0 Å². The number of methoxy groups -OCH3 is 1. The molecule has 8 rings (SSSR count). The van der Waals surface area contributed by atoms with Gasteiger partial charge in [0.15, 0.2) is 0 Å². The molecular weight excluding hydrogens is 536 g/mol. The summed E-state index contributed by atoms with van der Waals surface area (Å²) in [4.78, 5) is 0. The molecule has 0 amide bonds. The highest BCUT2D eigenvalue weighted by molar-refractivity contribution is 6.11. The zero-order chi connectivity index (χ0) is 29.6. The Kier molecular flexibility index (Phi) is 6.54. The molecule has 0 bridgehead atoms. The van der Waals surface area contributed by atoms with Crippen LogP contribution < -0.4 is 0 Å². The molecule has 6 aromatic carbocycles. The third kappa shape index (κ3) is 4.32. The van der Waals surface area contributed by atoms with E-state index in [0.29, 0.717) is 0 Å². The molecule has 0 aliphatic heterocycles. The van der Waals surface area contributed by atoms with E-state index in [1.165, 1.54) is 71.7 Å². The van der Waals surface area contributed by atoms with Gasteiger partial charge in [0.05, 0.1) is 28.2 Å². The SMILES string of the molecule is CCC(Cc1cccc(-n2c3ccccc3c3cc(-c4cccc(-n5c6ccccc6c6ccccc65)c4)ccc32)c1)OC. The first-order valence-corrected chi connectivity index (χ1v) is 15.5. The van der Waals surface area contributed by atoms with Gasteiger partial charge in [0.2, 0.25) is 0 Å². The van der Waals surface area contributed by atoms with Crippen LogP contribution in [-0.4, -0.2) is 22.3 Å². The van der Waals surface area contributed by atoms with Crippen LogP contribution in [0.2, 0.25) is 0 Å². The molecule has 0 radical (unpaired) electrons. The second kappa shape index (κ2) is 10.9. The first-order chi connectivity index (χ1) is 21.7. The van der Waals surface area contributed by atoms with Crippen molar-refractivity contribution in [2.24, 2.45) is 0 Å². The van der Waals surface area contributed by atoms with Crippen LogP contribution in [0.1, 0.15) is 18.9 Å². The fraction of sp³-hybridized carbons (Fsp3) is 0.122. The van der Waals surface area contributed by atoms with E-state index in [0.717, 1.165) is 12.8 Å². The zero-order valence-corrected chi connectivity index (χ0v) is 25.1. The molecule has 3 nitrogen and oxygen atoms in total. The first-order valence-electron chi connectivity index (χ1n) is 15.5. The topological polar surface area (TPSA) is 19.1 Å². The highest BCUT2D eigenvalue weighted by Gasteiger charge is 2.16. The van der Waals surface area contributed by atoms with E-state index in [2.05, 4.69) is 156 Å². The van der Waals surface area contributed by atoms with Crippen LogP contribution in [-0.2, 0) is 11.2 Å². The van der Waals surface area contributed by atoms with Crippen molar-refractivity contribution in [2.75, 3.05) is 7.11 Å². The maximum atomic E-state index is 5.70. The van der Waals surface area contributed by atoms with Gasteiger partial charge < -0.3 is 13.9 Å². The molecule has 3 heteroatoms. The molecule has 2 aromatic heterocycles. The normalized spacial score (nSPS) is 12.5. The van der Waals surface area contributed by atoms with Crippen molar-refractivity contribution in [3.05, 3.63) is 145 Å². The standard InChI is InChI=1S/C41H34N2O/c1-3-33(44-2)25-28-12-10-14-31(24-28)42-40-21-9-6-18-36(40)37-27-30(22-23-41(37)42)29-13-11-15-32(26-29)43-38-19-7-4-16-34(38)35-17-5-8-20-39(35)43/h4-24,26-27,33H,3,25H2,1-2H3. The number of rotatable bonds is 7. The van der Waals surface area contributed by atoms with Crippen molar-refractivity contribution in [1.29, 1.82) is 0 Å². The highest BCUT2D eigenvalue weighted by atomic mass is 16.5. The molecule has 44 heavy (non-hydrogen) atoms. The lowest BCUT2D eigenvalue weighted by molar-refractivity contribution is 0.0998. The second-order valence-corrected chi connectivity index (χ2v) is 11.6. The average molecular weight is 571 g/mol. The third-order valence-electron chi connectivity index (χ3n) is 9.11. The van der Waals surface area contributed by atoms with Gasteiger partial charge in [0, 0.05) is 40.0 Å². The van der Waals surface area contributed by atoms with E-state index >= 15 is 0 Å². The Balaban J connectivity index is 1.27. The maximum absolute atomic E-state index is 5.70. The monoisotopic (exact) mass is 570 g/mol. The van der Waals surface area contributed by atoms with E-state index in [1.807, 2.05) is 0 Å². The molecule has 0 saturated heterocycles. The zero-order valence-electron chi connectivity index (χ0n) is 25.1. The fourth-order valence-electron chi connectivity index (χ4n) is 6.94. The van der Waals surface area contributed by atoms with Crippen LogP contribution in [0.4, 0.5) is 0 Å². The molecular formula is C41H34N2O. The molecule has 0 N–H and O–H groups in total. The Labute approximate surface area is 257 Å². The summed E-state index contributed by atoms with van der Waals surface area (Å²) in [6.45, 7) is 2.18. The van der Waals surface area contributed by atoms with Crippen LogP contribution >= 0.6 is 0 Å². The van der Waals surface area contributed by atoms with Crippen molar-refractivity contribution in [3.63, 3.8) is 0 Å². The van der Waals surface area contributed by atoms with Crippen LogP contribution in [0, 0.1) is 0 Å². The predicted octanol–water partition coefficient (Wildman–Crippen LogP) is 10.5. The van der Waals surface area contributed by atoms with Gasteiger partial charge in [-0.2, -0.15) is 0 Å². The van der Waals surface area contributed by atoms with Crippen molar-refractivity contribution in [1.82, 2.24) is 9.13 Å². The maximum Gasteiger partial charge on any atom is 0.0609 e. The summed E-state index contributed by atoms with van der Waals surface area (Å²) in [6, 6.07) is 50.9. The molecule has 1 unspecified atom stereocenters. The van der Waals surface area contributed by atoms with Crippen molar-refractivity contribution < 1.29 is 4.74 Å². The number of fused-ring (bicyclic) bond motifs is 6. The molecule has 0 spiro atoms. The van der Waals surface area contributed by atoms with E-state index in [-0.39, 0.29) is 6.10 Å². The minimum atomic E-state index is 0.226. The number of ether oxygens (including phenoxy) is 1. The lowest BCUT2D eigenvalue weighted by atomic mass is 10.0. The van der Waals surface area contributed by atoms with Gasteiger partial charge >= 0.3 is 0 Å². The predicted molar refractivity (Wildman–Crippen MR) is 185 cm³/mol. The number of para-hydroxylation sites is 3. The molecule has 0 aliphatic rings. The Morgan fingerprint density at radius 3 is 1.64 bits per heavy atom. The van der Waals surface area contributed by atoms with E-state index in [1.54, 1.807) is 7.11 Å². The van der Waals surface area contributed by atoms with Gasteiger partial charge in [-0.15, -0.1) is 0 Å². The largest absolute Gasteiger partial charge is 0.381 e. The first kappa shape index (κ1) is 26.5. The molecule has 0 saturated carbocycles. The van der Waals surface area contributed by atoms with Gasteiger partial charge in [-0.25, -0.2) is 0 Å².